The van der Waals surface area contributed by atoms with Crippen LogP contribution in [0, 0.1) is 13.8 Å². The molecule has 1 unspecified atom stereocenters. The predicted molar refractivity (Wildman–Crippen MR) is 98.5 cm³/mol. The van der Waals surface area contributed by atoms with Gasteiger partial charge < -0.3 is 5.32 Å². The Bertz CT molecular complexity index is 831. The maximum atomic E-state index is 4.75. The fourth-order valence-corrected chi connectivity index (χ4v) is 3.72. The van der Waals surface area contributed by atoms with Crippen LogP contribution in [0.15, 0.2) is 6.20 Å². The summed E-state index contributed by atoms with van der Waals surface area (Å²) in [6.07, 6.45) is 4.66. The molecule has 1 atom stereocenters. The van der Waals surface area contributed by atoms with Crippen LogP contribution in [-0.2, 0) is 13.5 Å². The van der Waals surface area contributed by atoms with E-state index >= 15 is 0 Å². The SMILES string of the molecule is CCCc1nc(NC(CC)c2nc(C)c(C)s2)c2cnn(C)c2n1. The van der Waals surface area contributed by atoms with Gasteiger partial charge in [-0.25, -0.2) is 15.0 Å². The van der Waals surface area contributed by atoms with Gasteiger partial charge in [0.25, 0.3) is 0 Å². The predicted octanol–water partition coefficient (Wildman–Crippen LogP) is 3.95. The minimum absolute atomic E-state index is 0.148. The van der Waals surface area contributed by atoms with Gasteiger partial charge in [-0.3, -0.25) is 4.68 Å². The molecular formula is C17H24N6S. The first-order valence-corrected chi connectivity index (χ1v) is 9.24. The van der Waals surface area contributed by atoms with Crippen LogP contribution in [0.4, 0.5) is 5.82 Å². The zero-order valence-corrected chi connectivity index (χ0v) is 15.7. The van der Waals surface area contributed by atoms with E-state index in [0.29, 0.717) is 0 Å². The van der Waals surface area contributed by atoms with Crippen molar-refractivity contribution in [2.75, 3.05) is 5.32 Å². The Morgan fingerprint density at radius 2 is 2.00 bits per heavy atom. The van der Waals surface area contributed by atoms with E-state index in [1.54, 1.807) is 16.0 Å². The maximum absolute atomic E-state index is 4.75. The van der Waals surface area contributed by atoms with Crippen molar-refractivity contribution < 1.29 is 0 Å². The molecule has 0 spiro atoms. The molecule has 0 aliphatic rings. The number of nitrogens with zero attached hydrogens (tertiary/aromatic N) is 5. The number of rotatable bonds is 6. The van der Waals surface area contributed by atoms with E-state index in [-0.39, 0.29) is 6.04 Å². The third-order valence-electron chi connectivity index (χ3n) is 4.17. The van der Waals surface area contributed by atoms with Gasteiger partial charge in [0.1, 0.15) is 16.6 Å². The summed E-state index contributed by atoms with van der Waals surface area (Å²) >= 11 is 1.75. The zero-order chi connectivity index (χ0) is 17.3. The Labute approximate surface area is 146 Å². The lowest BCUT2D eigenvalue weighted by atomic mass is 10.2. The molecule has 1 N–H and O–H groups in total. The number of fused-ring (bicyclic) bond motifs is 1. The smallest absolute Gasteiger partial charge is 0.163 e. The van der Waals surface area contributed by atoms with Crippen molar-refractivity contribution in [1.29, 1.82) is 0 Å². The first-order chi connectivity index (χ1) is 11.5. The molecule has 0 saturated carbocycles. The number of nitrogens with one attached hydrogen (secondary N) is 1. The molecule has 0 aromatic carbocycles. The second kappa shape index (κ2) is 6.84. The van der Waals surface area contributed by atoms with Gasteiger partial charge in [-0.05, 0) is 26.7 Å². The average molecular weight is 344 g/mol. The fourth-order valence-electron chi connectivity index (χ4n) is 2.66. The Hall–Kier alpha value is -2.02. The standard InChI is InChI=1S/C17H24N6S/c1-6-8-14-21-15(12-9-18-23(5)16(12)22-14)20-13(7-2)17-19-10(3)11(4)24-17/h9,13H,6-8H2,1-5H3,(H,20,21,22). The molecule has 3 aromatic heterocycles. The number of hydrogen-bond acceptors (Lipinski definition) is 6. The molecule has 0 radical (unpaired) electrons. The van der Waals surface area contributed by atoms with Crippen molar-refractivity contribution in [3.05, 3.63) is 27.6 Å². The van der Waals surface area contributed by atoms with E-state index in [1.807, 2.05) is 13.2 Å². The summed E-state index contributed by atoms with van der Waals surface area (Å²) in [5.41, 5.74) is 1.98. The first-order valence-electron chi connectivity index (χ1n) is 8.42. The molecule has 6 nitrogen and oxygen atoms in total. The van der Waals surface area contributed by atoms with Crippen LogP contribution in [0.2, 0.25) is 0 Å². The minimum Gasteiger partial charge on any atom is -0.360 e. The fraction of sp³-hybridized carbons (Fsp3) is 0.529. The second-order valence-electron chi connectivity index (χ2n) is 6.04. The Balaban J connectivity index is 2.00. The minimum atomic E-state index is 0.148. The van der Waals surface area contributed by atoms with E-state index < -0.39 is 0 Å². The van der Waals surface area contributed by atoms with Gasteiger partial charge in [-0.15, -0.1) is 11.3 Å². The van der Waals surface area contributed by atoms with Crippen molar-refractivity contribution in [2.45, 2.75) is 53.0 Å². The number of aromatic nitrogens is 5. The maximum Gasteiger partial charge on any atom is 0.163 e. The van der Waals surface area contributed by atoms with Crippen LogP contribution in [0.3, 0.4) is 0 Å². The normalized spacial score (nSPS) is 12.7. The van der Waals surface area contributed by atoms with Crippen LogP contribution in [0.25, 0.3) is 11.0 Å². The molecule has 0 amide bonds. The molecule has 128 valence electrons. The van der Waals surface area contributed by atoms with E-state index in [2.05, 4.69) is 43.1 Å². The van der Waals surface area contributed by atoms with Gasteiger partial charge in [-0.2, -0.15) is 5.10 Å². The summed E-state index contributed by atoms with van der Waals surface area (Å²) in [6, 6.07) is 0.148. The number of aryl methyl sites for hydroxylation is 4. The number of hydrogen-bond donors (Lipinski definition) is 1. The second-order valence-corrected chi connectivity index (χ2v) is 7.28. The van der Waals surface area contributed by atoms with Crippen molar-refractivity contribution in [3.8, 4) is 0 Å². The molecule has 0 aliphatic carbocycles. The first kappa shape index (κ1) is 16.8. The molecule has 3 aromatic rings. The Morgan fingerprint density at radius 1 is 1.21 bits per heavy atom. The van der Waals surface area contributed by atoms with Crippen LogP contribution < -0.4 is 5.32 Å². The molecule has 7 heteroatoms. The van der Waals surface area contributed by atoms with Gasteiger partial charge in [0.05, 0.1) is 23.3 Å². The molecule has 3 rings (SSSR count). The van der Waals surface area contributed by atoms with E-state index in [9.17, 15) is 0 Å². The summed E-state index contributed by atoms with van der Waals surface area (Å²) in [4.78, 5) is 15.4. The van der Waals surface area contributed by atoms with Crippen LogP contribution in [0.1, 0.15) is 54.1 Å². The van der Waals surface area contributed by atoms with Crippen molar-refractivity contribution >= 4 is 28.2 Å². The van der Waals surface area contributed by atoms with Crippen LogP contribution in [-0.4, -0.2) is 24.7 Å². The van der Waals surface area contributed by atoms with E-state index in [4.69, 9.17) is 9.97 Å². The average Bonchev–Trinajstić information content (AvgIpc) is 3.09. The van der Waals surface area contributed by atoms with E-state index in [1.165, 1.54) is 4.88 Å². The topological polar surface area (TPSA) is 68.5 Å². The van der Waals surface area contributed by atoms with Gasteiger partial charge in [0.15, 0.2) is 5.65 Å². The van der Waals surface area contributed by atoms with Crippen LogP contribution >= 0.6 is 11.3 Å². The summed E-state index contributed by atoms with van der Waals surface area (Å²) in [6.45, 7) is 8.48. The zero-order valence-electron chi connectivity index (χ0n) is 14.9. The number of thiazole rings is 1. The summed E-state index contributed by atoms with van der Waals surface area (Å²) in [5.74, 6) is 1.71. The lowest BCUT2D eigenvalue weighted by Gasteiger charge is -2.16. The molecule has 3 heterocycles. The van der Waals surface area contributed by atoms with Gasteiger partial charge in [0, 0.05) is 18.3 Å². The summed E-state index contributed by atoms with van der Waals surface area (Å²) in [7, 11) is 1.92. The van der Waals surface area contributed by atoms with Gasteiger partial charge >= 0.3 is 0 Å². The molecule has 0 bridgehead atoms. The van der Waals surface area contributed by atoms with Crippen LogP contribution in [0.5, 0.6) is 0 Å². The molecule has 0 fully saturated rings. The summed E-state index contributed by atoms with van der Waals surface area (Å²) < 4.78 is 1.81. The highest BCUT2D eigenvalue weighted by molar-refractivity contribution is 7.11. The monoisotopic (exact) mass is 344 g/mol. The molecular weight excluding hydrogens is 320 g/mol. The van der Waals surface area contributed by atoms with Gasteiger partial charge in [-0.1, -0.05) is 13.8 Å². The molecule has 0 saturated heterocycles. The highest BCUT2D eigenvalue weighted by Gasteiger charge is 2.18. The van der Waals surface area contributed by atoms with Gasteiger partial charge in [0.2, 0.25) is 0 Å². The molecule has 24 heavy (non-hydrogen) atoms. The quantitative estimate of drug-likeness (QED) is 0.733. The highest BCUT2D eigenvalue weighted by atomic mass is 32.1. The summed E-state index contributed by atoms with van der Waals surface area (Å²) in [5, 5.41) is 10.00. The third kappa shape index (κ3) is 3.13. The number of anilines is 1. The van der Waals surface area contributed by atoms with Crippen molar-refractivity contribution in [1.82, 2.24) is 24.7 Å². The molecule has 0 aliphatic heterocycles. The lowest BCUT2D eigenvalue weighted by Crippen LogP contribution is -2.12. The Morgan fingerprint density at radius 3 is 2.62 bits per heavy atom. The third-order valence-corrected chi connectivity index (χ3v) is 5.36. The largest absolute Gasteiger partial charge is 0.360 e. The van der Waals surface area contributed by atoms with E-state index in [0.717, 1.165) is 52.6 Å². The lowest BCUT2D eigenvalue weighted by molar-refractivity contribution is 0.731. The van der Waals surface area contributed by atoms with Crippen molar-refractivity contribution in [3.63, 3.8) is 0 Å². The highest BCUT2D eigenvalue weighted by Crippen LogP contribution is 2.30. The Kier molecular flexibility index (Phi) is 4.80. The van der Waals surface area contributed by atoms with Crippen molar-refractivity contribution in [2.24, 2.45) is 7.05 Å².